The number of carbonyl (C=O) groups excluding carboxylic acids is 4. The molecule has 0 unspecified atom stereocenters. The van der Waals surface area contributed by atoms with Crippen molar-refractivity contribution in [2.75, 3.05) is 41.9 Å². The molecule has 5 rings (SSSR count). The number of likely N-dealkylation sites (N-methyl/N-ethyl adjacent to an activating group) is 1. The molecule has 0 bridgehead atoms. The lowest BCUT2D eigenvalue weighted by atomic mass is 10.00. The third-order valence-corrected chi connectivity index (χ3v) is 9.66. The van der Waals surface area contributed by atoms with Gasteiger partial charge in [-0.1, -0.05) is 54.2 Å². The summed E-state index contributed by atoms with van der Waals surface area (Å²) in [4.78, 5) is 57.6. The van der Waals surface area contributed by atoms with Crippen LogP contribution in [0, 0.1) is 12.3 Å². The third-order valence-electron chi connectivity index (χ3n) is 7.78. The Bertz CT molecular complexity index is 1970. The first-order valence-electron chi connectivity index (χ1n) is 16.7. The second-order valence-electron chi connectivity index (χ2n) is 12.0. The molecule has 14 nitrogen and oxygen atoms in total. The first kappa shape index (κ1) is 38.5. The topological polar surface area (TPSA) is 203 Å². The van der Waals surface area contributed by atoms with Crippen molar-refractivity contribution in [1.29, 1.82) is 5.41 Å². The van der Waals surface area contributed by atoms with Gasteiger partial charge in [0.25, 0.3) is 5.91 Å². The zero-order valence-electron chi connectivity index (χ0n) is 29.2. The smallest absolute Gasteiger partial charge is 0.410 e. The van der Waals surface area contributed by atoms with Crippen LogP contribution in [0.25, 0.3) is 0 Å². The normalized spacial score (nSPS) is 15.7. The number of benzodiazepines with no additional fused rings is 1. The zero-order valence-corrected chi connectivity index (χ0v) is 30.9. The number of aryl methyl sites for hydroxylation is 1. The number of benzene rings is 3. The number of hydrogen-bond donors (Lipinski definition) is 7. The fourth-order valence-corrected chi connectivity index (χ4v) is 6.98. The fourth-order valence-electron chi connectivity index (χ4n) is 5.32. The van der Waals surface area contributed by atoms with Crippen LogP contribution in [0.3, 0.4) is 0 Å². The average molecular weight is 756 g/mol. The Morgan fingerprint density at radius 2 is 1.89 bits per heavy atom. The summed E-state index contributed by atoms with van der Waals surface area (Å²) in [5.41, 5.74) is 10.2. The molecular formula is C37H41N9O5S2. The van der Waals surface area contributed by atoms with E-state index in [9.17, 15) is 19.2 Å². The number of carbonyl (C=O) groups is 4. The number of rotatable bonds is 14. The van der Waals surface area contributed by atoms with Gasteiger partial charge in [-0.3, -0.25) is 15.0 Å². The molecule has 0 spiro atoms. The Hall–Kier alpha value is -5.74. The number of nitrogens with two attached hydrogens (primary N) is 1. The largest absolute Gasteiger partial charge is 0.412 e. The van der Waals surface area contributed by atoms with E-state index in [1.54, 1.807) is 61.3 Å². The van der Waals surface area contributed by atoms with Crippen LogP contribution in [-0.2, 0) is 9.59 Å². The molecular weight excluding hydrogens is 715 g/mol. The Kier molecular flexibility index (Phi) is 13.6. The van der Waals surface area contributed by atoms with Crippen LogP contribution in [0.1, 0.15) is 29.5 Å². The summed E-state index contributed by atoms with van der Waals surface area (Å²) in [6.07, 6.45) is 0.309. The van der Waals surface area contributed by atoms with Crippen LogP contribution in [0.2, 0.25) is 0 Å². The lowest BCUT2D eigenvalue weighted by molar-refractivity contribution is -0.121. The number of nitrogens with zero attached hydrogens (tertiary/aromatic N) is 2. The number of urea groups is 1. The number of thioether (sulfide) groups is 2. The molecule has 2 heterocycles. The van der Waals surface area contributed by atoms with E-state index in [4.69, 9.17) is 20.9 Å². The summed E-state index contributed by atoms with van der Waals surface area (Å²) >= 11 is 3.15. The van der Waals surface area contributed by atoms with Crippen molar-refractivity contribution in [3.8, 4) is 5.75 Å². The highest BCUT2D eigenvalue weighted by Gasteiger charge is 2.31. The van der Waals surface area contributed by atoms with Gasteiger partial charge in [-0.05, 0) is 54.6 Å². The standard InChI is InChI=1S/C37H41N9O5S2/c1-23-8-5-10-25(18-23)43-36(49)45-34-35(48)46(2)29-13-4-3-12-28(29)33(44-34)24-9-6-11-27(19-24)51-37(50)41-15-7-14-31(47)40-16-17-52-21-26-22-53-32(42-26)20-30(38)39/h3-6,8-13,18-20,22,34,42H,7,14-17,21H2,1-2H3,(H3,38,39)(H,40,47)(H,41,50)(H2,43,45,49)/t34-/m0/s1. The van der Waals surface area contributed by atoms with Crippen molar-refractivity contribution < 1.29 is 23.9 Å². The number of amides is 5. The summed E-state index contributed by atoms with van der Waals surface area (Å²) < 4.78 is 5.54. The highest BCUT2D eigenvalue weighted by molar-refractivity contribution is 8.06. The van der Waals surface area contributed by atoms with E-state index < -0.39 is 24.2 Å². The summed E-state index contributed by atoms with van der Waals surface area (Å²) in [6, 6.07) is 20.7. The molecule has 0 saturated carbocycles. The number of fused-ring (bicyclic) bond motifs is 1. The van der Waals surface area contributed by atoms with Gasteiger partial charge in [0, 0.05) is 66.7 Å². The number of anilines is 2. The van der Waals surface area contributed by atoms with Crippen LogP contribution >= 0.6 is 23.5 Å². The number of amidine groups is 1. The minimum absolute atomic E-state index is 0.00424. The molecule has 5 amide bonds. The third kappa shape index (κ3) is 11.4. The van der Waals surface area contributed by atoms with Crippen LogP contribution in [0.5, 0.6) is 5.75 Å². The van der Waals surface area contributed by atoms with Gasteiger partial charge in [-0.15, -0.1) is 0 Å². The molecule has 0 aromatic heterocycles. The molecule has 0 saturated heterocycles. The summed E-state index contributed by atoms with van der Waals surface area (Å²) in [7, 11) is 1.62. The molecule has 276 valence electrons. The number of aliphatic imine (C=N–C) groups is 1. The minimum Gasteiger partial charge on any atom is -0.410 e. The molecule has 8 N–H and O–H groups in total. The van der Waals surface area contributed by atoms with Crippen LogP contribution < -0.4 is 42.0 Å². The first-order valence-corrected chi connectivity index (χ1v) is 18.8. The van der Waals surface area contributed by atoms with E-state index in [2.05, 4.69) is 26.6 Å². The zero-order chi connectivity index (χ0) is 37.7. The summed E-state index contributed by atoms with van der Waals surface area (Å²) in [6.45, 7) is 2.67. The molecule has 0 radical (unpaired) electrons. The van der Waals surface area contributed by atoms with Crippen molar-refractivity contribution >= 4 is 70.4 Å². The molecule has 1 atom stereocenters. The number of nitrogens with one attached hydrogen (secondary N) is 6. The SMILES string of the molecule is Cc1cccc(NC(=O)N[C@@H]2N=C(c3cccc(OC(=O)NCCCC(=O)NCCSCC4=CSC(=CC(=N)N)N4)c3)c3ccccc3N(C)C2=O)c1. The van der Waals surface area contributed by atoms with Gasteiger partial charge in [0.05, 0.1) is 16.4 Å². The van der Waals surface area contributed by atoms with Gasteiger partial charge in [-0.2, -0.15) is 11.8 Å². The predicted octanol–water partition coefficient (Wildman–Crippen LogP) is 4.63. The Labute approximate surface area is 316 Å². The van der Waals surface area contributed by atoms with Crippen molar-refractivity contribution in [2.45, 2.75) is 25.9 Å². The van der Waals surface area contributed by atoms with Crippen LogP contribution in [0.4, 0.5) is 21.0 Å². The lowest BCUT2D eigenvalue weighted by Crippen LogP contribution is -2.47. The number of para-hydroxylation sites is 1. The summed E-state index contributed by atoms with van der Waals surface area (Å²) in [5, 5.41) is 24.3. The Morgan fingerprint density at radius 3 is 2.70 bits per heavy atom. The van der Waals surface area contributed by atoms with Gasteiger partial charge in [0.1, 0.15) is 11.6 Å². The Morgan fingerprint density at radius 1 is 1.08 bits per heavy atom. The second kappa shape index (κ2) is 18.7. The molecule has 2 aliphatic heterocycles. The van der Waals surface area contributed by atoms with Crippen molar-refractivity contribution in [1.82, 2.24) is 21.3 Å². The van der Waals surface area contributed by atoms with E-state index in [1.165, 1.54) is 16.7 Å². The van der Waals surface area contributed by atoms with Gasteiger partial charge >= 0.3 is 12.1 Å². The number of ether oxygens (including phenoxy) is 1. The van der Waals surface area contributed by atoms with E-state index >= 15 is 0 Å². The monoisotopic (exact) mass is 755 g/mol. The molecule has 3 aromatic rings. The maximum absolute atomic E-state index is 13.5. The van der Waals surface area contributed by atoms with E-state index in [-0.39, 0.29) is 30.5 Å². The molecule has 2 aliphatic rings. The van der Waals surface area contributed by atoms with Crippen molar-refractivity contribution in [3.05, 3.63) is 112 Å². The molecule has 53 heavy (non-hydrogen) atoms. The maximum Gasteiger partial charge on any atom is 0.412 e. The average Bonchev–Trinajstić information content (AvgIpc) is 3.53. The van der Waals surface area contributed by atoms with E-state index in [0.717, 1.165) is 27.8 Å². The predicted molar refractivity (Wildman–Crippen MR) is 211 cm³/mol. The Balaban J connectivity index is 1.11. The highest BCUT2D eigenvalue weighted by atomic mass is 32.2. The molecule has 16 heteroatoms. The van der Waals surface area contributed by atoms with Crippen molar-refractivity contribution in [3.63, 3.8) is 0 Å². The van der Waals surface area contributed by atoms with E-state index in [0.29, 0.717) is 41.2 Å². The molecule has 0 aliphatic carbocycles. The second-order valence-corrected chi connectivity index (χ2v) is 14.0. The van der Waals surface area contributed by atoms with Gasteiger partial charge < -0.3 is 42.0 Å². The molecule has 0 fully saturated rings. The van der Waals surface area contributed by atoms with Gasteiger partial charge in [0.2, 0.25) is 12.1 Å². The number of hydrogen-bond acceptors (Lipinski definition) is 10. The minimum atomic E-state index is -1.24. The van der Waals surface area contributed by atoms with Crippen LogP contribution in [0.15, 0.2) is 100.0 Å². The molecule has 3 aromatic carbocycles. The van der Waals surface area contributed by atoms with Gasteiger partial charge in [0.15, 0.2) is 0 Å². The highest BCUT2D eigenvalue weighted by Crippen LogP contribution is 2.29. The van der Waals surface area contributed by atoms with E-state index in [1.807, 2.05) is 48.7 Å². The fraction of sp³-hybridized carbons (Fsp3) is 0.243. The maximum atomic E-state index is 13.5. The van der Waals surface area contributed by atoms with Gasteiger partial charge in [-0.25, -0.2) is 14.6 Å². The first-order chi connectivity index (χ1) is 25.5. The van der Waals surface area contributed by atoms with Crippen molar-refractivity contribution in [2.24, 2.45) is 10.7 Å². The van der Waals surface area contributed by atoms with Crippen LogP contribution in [-0.4, -0.2) is 73.3 Å². The lowest BCUT2D eigenvalue weighted by Gasteiger charge is -2.21. The summed E-state index contributed by atoms with van der Waals surface area (Å²) in [5.74, 6) is 1.18. The quantitative estimate of drug-likeness (QED) is 0.0696.